The Morgan fingerprint density at radius 3 is 2.39 bits per heavy atom. The molecule has 1 amide bonds. The molecular formula is C15H13ClF3NO2S. The Bertz CT molecular complexity index is 670. The van der Waals surface area contributed by atoms with Gasteiger partial charge in [-0.1, -0.05) is 23.7 Å². The minimum atomic E-state index is -4.72. The highest BCUT2D eigenvalue weighted by atomic mass is 35.5. The van der Waals surface area contributed by atoms with Crippen molar-refractivity contribution < 1.29 is 22.7 Å². The molecule has 0 aliphatic heterocycles. The first kappa shape index (κ1) is 17.6. The van der Waals surface area contributed by atoms with Gasteiger partial charge in [-0.05, 0) is 29.8 Å². The zero-order chi connectivity index (χ0) is 17.0. The lowest BCUT2D eigenvalue weighted by Crippen LogP contribution is -2.27. The monoisotopic (exact) mass is 363 g/mol. The highest BCUT2D eigenvalue weighted by molar-refractivity contribution is 7.16. The third kappa shape index (κ3) is 5.76. The van der Waals surface area contributed by atoms with Crippen LogP contribution < -0.4 is 4.74 Å². The van der Waals surface area contributed by atoms with Crippen molar-refractivity contribution in [3.63, 3.8) is 0 Å². The van der Waals surface area contributed by atoms with E-state index < -0.39 is 6.36 Å². The molecule has 0 aliphatic rings. The van der Waals surface area contributed by atoms with Crippen molar-refractivity contribution in [3.05, 3.63) is 51.2 Å². The second kappa shape index (κ2) is 7.23. The first-order valence-corrected chi connectivity index (χ1v) is 7.75. The number of nitrogens with zero attached hydrogens (tertiary/aromatic N) is 1. The minimum Gasteiger partial charge on any atom is -0.406 e. The number of halogens is 4. The molecule has 1 aromatic carbocycles. The van der Waals surface area contributed by atoms with Crippen LogP contribution in [-0.2, 0) is 17.8 Å². The van der Waals surface area contributed by atoms with Crippen LogP contribution in [0.3, 0.4) is 0 Å². The van der Waals surface area contributed by atoms with Gasteiger partial charge in [0.25, 0.3) is 0 Å². The van der Waals surface area contributed by atoms with Gasteiger partial charge < -0.3 is 9.64 Å². The summed E-state index contributed by atoms with van der Waals surface area (Å²) in [6.07, 6.45) is -4.62. The van der Waals surface area contributed by atoms with Crippen LogP contribution in [0.2, 0.25) is 4.34 Å². The average Bonchev–Trinajstić information content (AvgIpc) is 2.84. The molecule has 8 heteroatoms. The van der Waals surface area contributed by atoms with Crippen LogP contribution in [0, 0.1) is 0 Å². The maximum absolute atomic E-state index is 12.1. The second-order valence-corrected chi connectivity index (χ2v) is 6.62. The lowest BCUT2D eigenvalue weighted by molar-refractivity contribution is -0.274. The molecule has 2 aromatic rings. The van der Waals surface area contributed by atoms with Crippen molar-refractivity contribution in [3.8, 4) is 5.75 Å². The number of carbonyl (C=O) groups excluding carboxylic acids is 1. The number of amides is 1. The Hall–Kier alpha value is -1.73. The fourth-order valence-electron chi connectivity index (χ4n) is 1.88. The number of benzene rings is 1. The van der Waals surface area contributed by atoms with Gasteiger partial charge in [0, 0.05) is 11.9 Å². The molecule has 0 fully saturated rings. The number of carbonyl (C=O) groups is 1. The smallest absolute Gasteiger partial charge is 0.406 e. The first-order chi connectivity index (χ1) is 10.7. The van der Waals surface area contributed by atoms with Crippen molar-refractivity contribution in [2.45, 2.75) is 19.3 Å². The van der Waals surface area contributed by atoms with Crippen LogP contribution in [0.4, 0.5) is 13.2 Å². The molecule has 0 unspecified atom stereocenters. The molecule has 1 aromatic heterocycles. The van der Waals surface area contributed by atoms with Gasteiger partial charge in [0.05, 0.1) is 17.3 Å². The summed E-state index contributed by atoms with van der Waals surface area (Å²) in [4.78, 5) is 14.6. The molecular weight excluding hydrogens is 351 g/mol. The normalized spacial score (nSPS) is 11.3. The van der Waals surface area contributed by atoms with Crippen LogP contribution in [0.25, 0.3) is 0 Å². The first-order valence-electron chi connectivity index (χ1n) is 6.56. The molecule has 0 spiro atoms. The fraction of sp³-hybridized carbons (Fsp3) is 0.267. The van der Waals surface area contributed by atoms with Crippen molar-refractivity contribution in [2.75, 3.05) is 7.05 Å². The number of ether oxygens (including phenoxy) is 1. The molecule has 0 saturated carbocycles. The van der Waals surface area contributed by atoms with E-state index in [1.54, 1.807) is 18.0 Å². The maximum Gasteiger partial charge on any atom is 0.573 e. The van der Waals surface area contributed by atoms with E-state index in [4.69, 9.17) is 11.6 Å². The topological polar surface area (TPSA) is 29.5 Å². The van der Waals surface area contributed by atoms with Crippen molar-refractivity contribution in [1.82, 2.24) is 4.90 Å². The molecule has 2 rings (SSSR count). The number of likely N-dealkylation sites (N-methyl/N-ethyl adjacent to an activating group) is 1. The number of rotatable bonds is 5. The van der Waals surface area contributed by atoms with Gasteiger partial charge in [-0.2, -0.15) is 0 Å². The third-order valence-corrected chi connectivity index (χ3v) is 4.18. The molecule has 1 heterocycles. The van der Waals surface area contributed by atoms with Crippen LogP contribution in [0.5, 0.6) is 5.75 Å². The lowest BCUT2D eigenvalue weighted by atomic mass is 10.1. The second-order valence-electron chi connectivity index (χ2n) is 4.82. The van der Waals surface area contributed by atoms with E-state index in [1.165, 1.54) is 35.6 Å². The van der Waals surface area contributed by atoms with E-state index >= 15 is 0 Å². The fourth-order valence-corrected chi connectivity index (χ4v) is 3.02. The largest absolute Gasteiger partial charge is 0.573 e. The zero-order valence-corrected chi connectivity index (χ0v) is 13.6. The quantitative estimate of drug-likeness (QED) is 0.782. The highest BCUT2D eigenvalue weighted by Crippen LogP contribution is 2.24. The van der Waals surface area contributed by atoms with Gasteiger partial charge >= 0.3 is 6.36 Å². The predicted molar refractivity (Wildman–Crippen MR) is 82.6 cm³/mol. The van der Waals surface area contributed by atoms with Gasteiger partial charge in [0.1, 0.15) is 5.75 Å². The van der Waals surface area contributed by atoms with Crippen molar-refractivity contribution in [2.24, 2.45) is 0 Å². The van der Waals surface area contributed by atoms with E-state index in [0.29, 0.717) is 16.4 Å². The number of hydrogen-bond acceptors (Lipinski definition) is 3. The van der Waals surface area contributed by atoms with Crippen LogP contribution in [0.15, 0.2) is 36.4 Å². The standard InChI is InChI=1S/C15H13ClF3NO2S/c1-20(9-12-6-7-13(16)23-12)14(21)8-10-2-4-11(5-3-10)22-15(17,18)19/h2-7H,8-9H2,1H3. The van der Waals surface area contributed by atoms with Crippen LogP contribution in [-0.4, -0.2) is 24.2 Å². The molecule has 0 bridgehead atoms. The average molecular weight is 364 g/mol. The van der Waals surface area contributed by atoms with Gasteiger partial charge in [-0.15, -0.1) is 24.5 Å². The highest BCUT2D eigenvalue weighted by Gasteiger charge is 2.30. The summed E-state index contributed by atoms with van der Waals surface area (Å²) in [5.41, 5.74) is 0.612. The Labute approximate surface area is 140 Å². The summed E-state index contributed by atoms with van der Waals surface area (Å²) in [5.74, 6) is -0.450. The summed E-state index contributed by atoms with van der Waals surface area (Å²) in [5, 5.41) is 0. The van der Waals surface area contributed by atoms with E-state index in [1.807, 2.05) is 6.07 Å². The van der Waals surface area contributed by atoms with Gasteiger partial charge in [-0.3, -0.25) is 4.79 Å². The van der Waals surface area contributed by atoms with Gasteiger partial charge in [0.15, 0.2) is 0 Å². The molecule has 23 heavy (non-hydrogen) atoms. The Morgan fingerprint density at radius 1 is 1.22 bits per heavy atom. The van der Waals surface area contributed by atoms with Crippen LogP contribution >= 0.6 is 22.9 Å². The summed E-state index contributed by atoms with van der Waals surface area (Å²) in [6.45, 7) is 0.436. The van der Waals surface area contributed by atoms with E-state index in [2.05, 4.69) is 4.74 Å². The molecule has 0 aliphatic carbocycles. The zero-order valence-electron chi connectivity index (χ0n) is 12.1. The molecule has 0 radical (unpaired) electrons. The maximum atomic E-state index is 12.1. The summed E-state index contributed by atoms with van der Waals surface area (Å²) < 4.78 is 40.7. The Morgan fingerprint density at radius 2 is 1.87 bits per heavy atom. The molecule has 0 saturated heterocycles. The minimum absolute atomic E-state index is 0.0991. The van der Waals surface area contributed by atoms with E-state index in [9.17, 15) is 18.0 Å². The predicted octanol–water partition coefficient (Wildman–Crippen LogP) is 4.50. The molecule has 0 N–H and O–H groups in total. The van der Waals surface area contributed by atoms with Gasteiger partial charge in [0.2, 0.25) is 5.91 Å². The number of hydrogen-bond donors (Lipinski definition) is 0. The number of alkyl halides is 3. The van der Waals surface area contributed by atoms with Crippen LogP contribution in [0.1, 0.15) is 10.4 Å². The number of thiophene rings is 1. The van der Waals surface area contributed by atoms with Gasteiger partial charge in [-0.25, -0.2) is 0 Å². The summed E-state index contributed by atoms with van der Waals surface area (Å²) >= 11 is 7.23. The third-order valence-electron chi connectivity index (χ3n) is 2.96. The molecule has 124 valence electrons. The SMILES string of the molecule is CN(Cc1ccc(Cl)s1)C(=O)Cc1ccc(OC(F)(F)F)cc1. The Kier molecular flexibility index (Phi) is 5.54. The van der Waals surface area contributed by atoms with E-state index in [-0.39, 0.29) is 18.1 Å². The van der Waals surface area contributed by atoms with Crippen molar-refractivity contribution >= 4 is 28.8 Å². The Balaban J connectivity index is 1.91. The summed E-state index contributed by atoms with van der Waals surface area (Å²) in [7, 11) is 1.66. The van der Waals surface area contributed by atoms with E-state index in [0.717, 1.165) is 4.88 Å². The van der Waals surface area contributed by atoms with Crippen molar-refractivity contribution in [1.29, 1.82) is 0 Å². The lowest BCUT2D eigenvalue weighted by Gasteiger charge is -2.16. The summed E-state index contributed by atoms with van der Waals surface area (Å²) in [6, 6.07) is 8.87. The molecule has 3 nitrogen and oxygen atoms in total. The molecule has 0 atom stereocenters.